The molecule has 0 radical (unpaired) electrons. The molecule has 154 valence electrons. The Hall–Kier alpha value is -4.24. The van der Waals surface area contributed by atoms with Crippen LogP contribution in [0.5, 0.6) is 0 Å². The van der Waals surface area contributed by atoms with E-state index in [1.165, 1.54) is 0 Å². The number of hydrogen-bond donors (Lipinski definition) is 2. The number of nitrogens with one attached hydrogen (secondary N) is 2. The van der Waals surface area contributed by atoms with Crippen molar-refractivity contribution in [3.8, 4) is 46.3 Å². The van der Waals surface area contributed by atoms with Gasteiger partial charge < -0.3 is 0 Å². The van der Waals surface area contributed by atoms with E-state index >= 15 is 0 Å². The Labute approximate surface area is 193 Å². The second kappa shape index (κ2) is 9.27. The third kappa shape index (κ3) is 4.73. The minimum absolute atomic E-state index is 0.108. The van der Waals surface area contributed by atoms with Crippen molar-refractivity contribution < 1.29 is 0 Å². The first-order chi connectivity index (χ1) is 15.6. The van der Waals surface area contributed by atoms with E-state index in [1.54, 1.807) is 36.4 Å². The van der Waals surface area contributed by atoms with Crippen molar-refractivity contribution >= 4 is 35.1 Å². The van der Waals surface area contributed by atoms with Crippen LogP contribution in [-0.4, -0.2) is 19.9 Å². The minimum atomic E-state index is 0.108. The number of rotatable bonds is 5. The predicted octanol–water partition coefficient (Wildman–Crippen LogP) is 5.36. The first-order valence-electron chi connectivity index (χ1n) is 9.16. The van der Waals surface area contributed by atoms with Crippen molar-refractivity contribution in [2.75, 3.05) is 10.6 Å². The van der Waals surface area contributed by atoms with E-state index in [-0.39, 0.29) is 11.9 Å². The Morgan fingerprint density at radius 1 is 0.562 bits per heavy atom. The number of anilines is 2. The topological polar surface area (TPSA) is 123 Å². The van der Waals surface area contributed by atoms with Crippen LogP contribution in [-0.2, 0) is 0 Å². The second-order valence-electron chi connectivity index (χ2n) is 6.41. The van der Waals surface area contributed by atoms with Gasteiger partial charge in [0.1, 0.15) is 0 Å². The molecule has 0 atom stereocenters. The van der Waals surface area contributed by atoms with Crippen LogP contribution in [0.1, 0.15) is 0 Å². The van der Waals surface area contributed by atoms with Gasteiger partial charge in [0, 0.05) is 21.2 Å². The predicted molar refractivity (Wildman–Crippen MR) is 122 cm³/mol. The highest BCUT2D eigenvalue weighted by Crippen LogP contribution is 2.29. The van der Waals surface area contributed by atoms with Gasteiger partial charge in [-0.2, -0.15) is 10.5 Å². The van der Waals surface area contributed by atoms with Crippen molar-refractivity contribution in [2.45, 2.75) is 0 Å². The fraction of sp³-hybridized carbons (Fsp3) is 0. The molecule has 0 aliphatic carbocycles. The molecule has 0 saturated heterocycles. The third-order valence-electron chi connectivity index (χ3n) is 4.33. The third-order valence-corrected chi connectivity index (χ3v) is 4.83. The van der Waals surface area contributed by atoms with Crippen LogP contribution in [0.15, 0.2) is 60.7 Å². The molecule has 0 fully saturated rings. The Balaban J connectivity index is 1.87. The van der Waals surface area contributed by atoms with Gasteiger partial charge in [-0.3, -0.25) is 10.6 Å². The molecule has 0 bridgehead atoms. The number of aromatic nitrogens is 4. The van der Waals surface area contributed by atoms with E-state index < -0.39 is 0 Å². The number of nitriles is 2. The molecular weight excluding hydrogens is 447 g/mol. The molecule has 2 aromatic carbocycles. The quantitative estimate of drug-likeness (QED) is 0.302. The number of halogens is 2. The van der Waals surface area contributed by atoms with Gasteiger partial charge in [0.05, 0.1) is 22.8 Å². The molecule has 32 heavy (non-hydrogen) atoms. The normalized spacial score (nSPS) is 10.1. The molecule has 0 amide bonds. The van der Waals surface area contributed by atoms with Gasteiger partial charge in [-0.15, -0.1) is 0 Å². The Kier molecular flexibility index (Phi) is 6.09. The second-order valence-corrected chi connectivity index (χ2v) is 7.28. The standard InChI is InChI=1S/C22H12Cl2N8/c23-15-5-1-13(2-6-15)17-9-19(31-21(29-17)27-11-25)20-10-18(30-22(32-20)28-12-26)14-3-7-16(24)8-4-14/h1-10H,(H,27,29,31)(H,28,30,32). The number of hydrogen-bond acceptors (Lipinski definition) is 8. The van der Waals surface area contributed by atoms with Crippen molar-refractivity contribution in [2.24, 2.45) is 0 Å². The summed E-state index contributed by atoms with van der Waals surface area (Å²) in [5, 5.41) is 24.2. The highest BCUT2D eigenvalue weighted by Gasteiger charge is 2.14. The van der Waals surface area contributed by atoms with Gasteiger partial charge >= 0.3 is 0 Å². The molecule has 0 saturated carbocycles. The molecule has 2 N–H and O–H groups in total. The fourth-order valence-electron chi connectivity index (χ4n) is 2.91. The Morgan fingerprint density at radius 2 is 0.906 bits per heavy atom. The van der Waals surface area contributed by atoms with E-state index in [0.29, 0.717) is 32.8 Å². The zero-order chi connectivity index (χ0) is 22.5. The smallest absolute Gasteiger partial charge is 0.237 e. The molecular formula is C22H12Cl2N8. The van der Waals surface area contributed by atoms with Crippen LogP contribution < -0.4 is 10.6 Å². The van der Waals surface area contributed by atoms with E-state index in [0.717, 1.165) is 11.1 Å². The van der Waals surface area contributed by atoms with Gasteiger partial charge in [-0.05, 0) is 36.4 Å². The largest absolute Gasteiger partial charge is 0.261 e. The summed E-state index contributed by atoms with van der Waals surface area (Å²) in [6.07, 6.45) is 3.66. The van der Waals surface area contributed by atoms with E-state index in [9.17, 15) is 0 Å². The first-order valence-corrected chi connectivity index (χ1v) is 9.92. The molecule has 2 heterocycles. The van der Waals surface area contributed by atoms with Gasteiger partial charge in [0.15, 0.2) is 12.4 Å². The Bertz CT molecular complexity index is 1250. The zero-order valence-corrected chi connectivity index (χ0v) is 17.7. The SMILES string of the molecule is N#CNc1nc(-c2ccc(Cl)cc2)cc(-c2cc(-c3ccc(Cl)cc3)nc(NC#N)n2)n1. The summed E-state index contributed by atoms with van der Waals surface area (Å²) in [5.41, 5.74) is 3.54. The molecule has 0 aliphatic heterocycles. The van der Waals surface area contributed by atoms with Crippen molar-refractivity contribution in [1.82, 2.24) is 19.9 Å². The lowest BCUT2D eigenvalue weighted by Crippen LogP contribution is -2.03. The maximum absolute atomic E-state index is 9.07. The monoisotopic (exact) mass is 458 g/mol. The van der Waals surface area contributed by atoms with Gasteiger partial charge in [0.25, 0.3) is 0 Å². The lowest BCUT2D eigenvalue weighted by molar-refractivity contribution is 1.13. The van der Waals surface area contributed by atoms with Crippen LogP contribution in [0.25, 0.3) is 33.9 Å². The molecule has 4 rings (SSSR count). The molecule has 2 aromatic heterocycles. The minimum Gasteiger partial charge on any atom is -0.261 e. The lowest BCUT2D eigenvalue weighted by Gasteiger charge is -2.10. The summed E-state index contributed by atoms with van der Waals surface area (Å²) in [7, 11) is 0. The molecule has 10 heteroatoms. The van der Waals surface area contributed by atoms with Crippen molar-refractivity contribution in [1.29, 1.82) is 10.5 Å². The van der Waals surface area contributed by atoms with Crippen LogP contribution in [0.2, 0.25) is 10.0 Å². The number of nitrogens with zero attached hydrogens (tertiary/aromatic N) is 6. The summed E-state index contributed by atoms with van der Waals surface area (Å²) < 4.78 is 0. The maximum Gasteiger partial charge on any atom is 0.237 e. The highest BCUT2D eigenvalue weighted by molar-refractivity contribution is 6.30. The lowest BCUT2D eigenvalue weighted by atomic mass is 10.1. The molecule has 0 aliphatic rings. The van der Waals surface area contributed by atoms with E-state index in [2.05, 4.69) is 30.6 Å². The zero-order valence-electron chi connectivity index (χ0n) is 16.2. The number of benzene rings is 2. The van der Waals surface area contributed by atoms with Gasteiger partial charge in [0.2, 0.25) is 11.9 Å². The maximum atomic E-state index is 9.07. The molecule has 0 unspecified atom stereocenters. The highest BCUT2D eigenvalue weighted by atomic mass is 35.5. The van der Waals surface area contributed by atoms with Gasteiger partial charge in [-0.1, -0.05) is 47.5 Å². The van der Waals surface area contributed by atoms with Gasteiger partial charge in [-0.25, -0.2) is 19.9 Å². The molecule has 4 aromatic rings. The van der Waals surface area contributed by atoms with Crippen LogP contribution in [0.4, 0.5) is 11.9 Å². The summed E-state index contributed by atoms with van der Waals surface area (Å²) in [6.45, 7) is 0. The summed E-state index contributed by atoms with van der Waals surface area (Å²) in [5.74, 6) is 0.216. The van der Waals surface area contributed by atoms with E-state index in [1.807, 2.05) is 36.7 Å². The molecule has 0 spiro atoms. The summed E-state index contributed by atoms with van der Waals surface area (Å²) in [4.78, 5) is 17.6. The Morgan fingerprint density at radius 3 is 1.25 bits per heavy atom. The summed E-state index contributed by atoms with van der Waals surface area (Å²) >= 11 is 12.0. The van der Waals surface area contributed by atoms with Crippen LogP contribution >= 0.6 is 23.2 Å². The molecule has 8 nitrogen and oxygen atoms in total. The van der Waals surface area contributed by atoms with Crippen molar-refractivity contribution in [3.63, 3.8) is 0 Å². The summed E-state index contributed by atoms with van der Waals surface area (Å²) in [6, 6.07) is 17.7. The van der Waals surface area contributed by atoms with Crippen LogP contribution in [0.3, 0.4) is 0 Å². The fourth-order valence-corrected chi connectivity index (χ4v) is 3.16. The first kappa shape index (κ1) is 21.0. The van der Waals surface area contributed by atoms with Crippen molar-refractivity contribution in [3.05, 3.63) is 70.7 Å². The van der Waals surface area contributed by atoms with E-state index in [4.69, 9.17) is 33.7 Å². The average molecular weight is 459 g/mol. The van der Waals surface area contributed by atoms with Crippen LogP contribution in [0, 0.1) is 22.9 Å². The average Bonchev–Trinajstić information content (AvgIpc) is 2.80.